The number of rotatable bonds is 2. The number of carbonyl (C=O) groups excluding carboxylic acids is 1. The molecule has 7 heteroatoms. The minimum absolute atomic E-state index is 0.0586. The molecule has 0 radical (unpaired) electrons. The molecule has 0 atom stereocenters. The summed E-state index contributed by atoms with van der Waals surface area (Å²) in [6.07, 6.45) is -3.44. The molecule has 2 aromatic carbocycles. The van der Waals surface area contributed by atoms with Crippen LogP contribution in [0.25, 0.3) is 6.08 Å². The summed E-state index contributed by atoms with van der Waals surface area (Å²) in [5.74, 6) is -0.729. The summed E-state index contributed by atoms with van der Waals surface area (Å²) in [6.45, 7) is 0. The van der Waals surface area contributed by atoms with Crippen LogP contribution in [-0.4, -0.2) is 11.9 Å². The molecule has 0 amide bonds. The Morgan fingerprint density at radius 3 is 2.38 bits per heavy atom. The Labute approximate surface area is 143 Å². The zero-order chi connectivity index (χ0) is 17.3. The smallest absolute Gasteiger partial charge is 0.402 e. The molecule has 0 fully saturated rings. The fourth-order valence-electron chi connectivity index (χ4n) is 2.15. The Bertz CT molecular complexity index is 855. The zero-order valence-corrected chi connectivity index (χ0v) is 13.6. The number of alkyl halides is 3. The van der Waals surface area contributed by atoms with Gasteiger partial charge in [-0.15, -0.1) is 0 Å². The molecule has 0 bridgehead atoms. The fourth-order valence-corrected chi connectivity index (χ4v) is 2.42. The summed E-state index contributed by atoms with van der Waals surface area (Å²) in [4.78, 5) is 15.9. The molecular weight excluding hydrogens is 387 g/mol. The Balaban J connectivity index is 1.99. The second kappa shape index (κ2) is 6.24. The van der Waals surface area contributed by atoms with Gasteiger partial charge in [-0.25, -0.2) is 9.79 Å². The van der Waals surface area contributed by atoms with E-state index in [2.05, 4.69) is 20.9 Å². The molecule has 1 heterocycles. The van der Waals surface area contributed by atoms with Crippen molar-refractivity contribution in [3.05, 3.63) is 75.4 Å². The quantitative estimate of drug-likeness (QED) is 0.540. The normalized spacial score (nSPS) is 16.2. The van der Waals surface area contributed by atoms with Crippen LogP contribution in [0.5, 0.6) is 0 Å². The molecule has 0 spiro atoms. The number of ether oxygens (including phenoxy) is 1. The topological polar surface area (TPSA) is 38.7 Å². The average molecular weight is 396 g/mol. The van der Waals surface area contributed by atoms with E-state index in [-0.39, 0.29) is 17.2 Å². The highest BCUT2D eigenvalue weighted by Gasteiger charge is 2.33. The van der Waals surface area contributed by atoms with E-state index in [1.54, 1.807) is 24.3 Å². The predicted octanol–water partition coefficient (Wildman–Crippen LogP) is 4.81. The first-order valence-corrected chi connectivity index (χ1v) is 7.58. The first-order valence-electron chi connectivity index (χ1n) is 6.79. The van der Waals surface area contributed by atoms with Crippen LogP contribution in [-0.2, 0) is 15.7 Å². The van der Waals surface area contributed by atoms with Gasteiger partial charge in [0.1, 0.15) is 0 Å². The van der Waals surface area contributed by atoms with Crippen LogP contribution in [0.1, 0.15) is 16.7 Å². The predicted molar refractivity (Wildman–Crippen MR) is 86.2 cm³/mol. The highest BCUT2D eigenvalue weighted by molar-refractivity contribution is 9.10. The van der Waals surface area contributed by atoms with Crippen LogP contribution in [0.2, 0.25) is 0 Å². The van der Waals surface area contributed by atoms with Crippen LogP contribution in [0.15, 0.2) is 63.7 Å². The minimum atomic E-state index is -4.52. The van der Waals surface area contributed by atoms with Gasteiger partial charge >= 0.3 is 12.1 Å². The maximum atomic E-state index is 13.0. The third kappa shape index (κ3) is 3.41. The van der Waals surface area contributed by atoms with Gasteiger partial charge in [0.15, 0.2) is 5.70 Å². The van der Waals surface area contributed by atoms with Crippen LogP contribution in [0.4, 0.5) is 13.2 Å². The fraction of sp³-hybridized carbons (Fsp3) is 0.0588. The van der Waals surface area contributed by atoms with Gasteiger partial charge in [-0.1, -0.05) is 34.1 Å². The van der Waals surface area contributed by atoms with E-state index in [4.69, 9.17) is 4.74 Å². The number of hydrogen-bond acceptors (Lipinski definition) is 3. The Kier molecular flexibility index (Phi) is 4.28. The number of cyclic esters (lactones) is 1. The molecule has 0 N–H and O–H groups in total. The summed E-state index contributed by atoms with van der Waals surface area (Å²) in [6, 6.07) is 11.8. The number of carbonyl (C=O) groups is 1. The van der Waals surface area contributed by atoms with Gasteiger partial charge in [-0.3, -0.25) is 0 Å². The Hall–Kier alpha value is -2.41. The molecule has 0 unspecified atom stereocenters. The largest absolute Gasteiger partial charge is 0.416 e. The SMILES string of the molecule is O=C1OC(c2ccc(Br)cc2)=N/C1=C\c1ccccc1C(F)(F)F. The molecule has 0 aromatic heterocycles. The summed E-state index contributed by atoms with van der Waals surface area (Å²) in [5.41, 5.74) is -0.598. The van der Waals surface area contributed by atoms with Crippen molar-refractivity contribution >= 4 is 33.9 Å². The van der Waals surface area contributed by atoms with Crippen molar-refractivity contribution in [3.8, 4) is 0 Å². The standard InChI is InChI=1S/C17H9BrF3NO2/c18-12-7-5-10(6-8-12)15-22-14(16(23)24-15)9-11-3-1-2-4-13(11)17(19,20)21/h1-9H/b14-9-. The Morgan fingerprint density at radius 2 is 1.71 bits per heavy atom. The van der Waals surface area contributed by atoms with Crippen molar-refractivity contribution in [3.63, 3.8) is 0 Å². The van der Waals surface area contributed by atoms with Crippen molar-refractivity contribution in [1.82, 2.24) is 0 Å². The van der Waals surface area contributed by atoms with E-state index >= 15 is 0 Å². The van der Waals surface area contributed by atoms with Gasteiger partial charge in [0.2, 0.25) is 5.90 Å². The van der Waals surface area contributed by atoms with Gasteiger partial charge in [-0.2, -0.15) is 13.2 Å². The monoisotopic (exact) mass is 395 g/mol. The molecule has 0 saturated heterocycles. The molecule has 3 nitrogen and oxygen atoms in total. The highest BCUT2D eigenvalue weighted by Crippen LogP contribution is 2.33. The first kappa shape index (κ1) is 16.4. The van der Waals surface area contributed by atoms with E-state index in [0.717, 1.165) is 16.6 Å². The van der Waals surface area contributed by atoms with Crippen LogP contribution >= 0.6 is 15.9 Å². The molecule has 1 aliphatic heterocycles. The molecule has 0 aliphatic carbocycles. The lowest BCUT2D eigenvalue weighted by Crippen LogP contribution is -2.08. The van der Waals surface area contributed by atoms with E-state index in [1.165, 1.54) is 18.2 Å². The van der Waals surface area contributed by atoms with Crippen LogP contribution in [0.3, 0.4) is 0 Å². The summed E-state index contributed by atoms with van der Waals surface area (Å²) >= 11 is 3.28. The number of esters is 1. The zero-order valence-electron chi connectivity index (χ0n) is 12.0. The van der Waals surface area contributed by atoms with Gasteiger partial charge in [0.05, 0.1) is 5.56 Å². The summed E-state index contributed by atoms with van der Waals surface area (Å²) in [5, 5.41) is 0. The molecule has 122 valence electrons. The second-order valence-electron chi connectivity index (χ2n) is 4.93. The first-order chi connectivity index (χ1) is 11.3. The van der Waals surface area contributed by atoms with E-state index in [9.17, 15) is 18.0 Å². The second-order valence-corrected chi connectivity index (χ2v) is 5.84. The maximum absolute atomic E-state index is 13.0. The van der Waals surface area contributed by atoms with Gasteiger partial charge < -0.3 is 4.74 Å². The molecule has 3 rings (SSSR count). The van der Waals surface area contributed by atoms with E-state index in [0.29, 0.717) is 5.56 Å². The number of hydrogen-bond donors (Lipinski definition) is 0. The number of nitrogens with zero attached hydrogens (tertiary/aromatic N) is 1. The lowest BCUT2D eigenvalue weighted by atomic mass is 10.1. The average Bonchev–Trinajstić information content (AvgIpc) is 2.88. The highest BCUT2D eigenvalue weighted by atomic mass is 79.9. The van der Waals surface area contributed by atoms with Crippen molar-refractivity contribution in [1.29, 1.82) is 0 Å². The lowest BCUT2D eigenvalue weighted by Gasteiger charge is -2.09. The molecule has 2 aromatic rings. The van der Waals surface area contributed by atoms with Gasteiger partial charge in [0.25, 0.3) is 0 Å². The molecular formula is C17H9BrF3NO2. The van der Waals surface area contributed by atoms with E-state index in [1.807, 2.05) is 0 Å². The van der Waals surface area contributed by atoms with Crippen LogP contribution < -0.4 is 0 Å². The minimum Gasteiger partial charge on any atom is -0.402 e. The molecule has 1 aliphatic rings. The number of benzene rings is 2. The van der Waals surface area contributed by atoms with Crippen molar-refractivity contribution in [2.45, 2.75) is 6.18 Å². The third-order valence-corrected chi connectivity index (χ3v) is 3.80. The van der Waals surface area contributed by atoms with Crippen molar-refractivity contribution < 1.29 is 22.7 Å². The molecule has 24 heavy (non-hydrogen) atoms. The number of halogens is 4. The van der Waals surface area contributed by atoms with E-state index < -0.39 is 17.7 Å². The van der Waals surface area contributed by atoms with Gasteiger partial charge in [0, 0.05) is 10.0 Å². The van der Waals surface area contributed by atoms with Gasteiger partial charge in [-0.05, 0) is 42.0 Å². The van der Waals surface area contributed by atoms with Crippen LogP contribution in [0, 0.1) is 0 Å². The molecule has 0 saturated carbocycles. The number of aliphatic imine (C=N–C) groups is 1. The van der Waals surface area contributed by atoms with Crippen molar-refractivity contribution in [2.75, 3.05) is 0 Å². The summed E-state index contributed by atoms with van der Waals surface area (Å²) in [7, 11) is 0. The third-order valence-electron chi connectivity index (χ3n) is 3.27. The van der Waals surface area contributed by atoms with Crippen molar-refractivity contribution in [2.24, 2.45) is 4.99 Å². The lowest BCUT2D eigenvalue weighted by molar-refractivity contribution is -0.137. The summed E-state index contributed by atoms with van der Waals surface area (Å²) < 4.78 is 44.9. The maximum Gasteiger partial charge on any atom is 0.416 e. The Morgan fingerprint density at radius 1 is 1.04 bits per heavy atom.